The zero-order chi connectivity index (χ0) is 12.3. The van der Waals surface area contributed by atoms with Gasteiger partial charge in [0.2, 0.25) is 0 Å². The van der Waals surface area contributed by atoms with E-state index in [1.165, 1.54) is 38.9 Å². The number of rotatable bonds is 5. The van der Waals surface area contributed by atoms with E-state index in [0.717, 1.165) is 25.3 Å². The van der Waals surface area contributed by atoms with Crippen molar-refractivity contribution in [2.75, 3.05) is 26.2 Å². The second-order valence-electron chi connectivity index (χ2n) is 6.04. The van der Waals surface area contributed by atoms with Gasteiger partial charge in [-0.3, -0.25) is 0 Å². The number of piperidine rings is 1. The number of hydrogen-bond donors (Lipinski definition) is 2. The maximum absolute atomic E-state index is 10.1. The van der Waals surface area contributed by atoms with Crippen LogP contribution in [0.2, 0.25) is 0 Å². The van der Waals surface area contributed by atoms with Crippen LogP contribution < -0.4 is 5.32 Å². The number of aliphatic hydroxyl groups is 1. The SMILES string of the molecule is CCN1CCCC(C(C)NCC2(O)CCC2)C1. The Kier molecular flexibility index (Phi) is 4.45. The maximum Gasteiger partial charge on any atom is 0.0771 e. The highest BCUT2D eigenvalue weighted by Gasteiger charge is 2.35. The highest BCUT2D eigenvalue weighted by atomic mass is 16.3. The molecule has 0 aromatic heterocycles. The van der Waals surface area contributed by atoms with Gasteiger partial charge in [-0.25, -0.2) is 0 Å². The monoisotopic (exact) mass is 240 g/mol. The third kappa shape index (κ3) is 3.43. The van der Waals surface area contributed by atoms with E-state index in [0.29, 0.717) is 6.04 Å². The Hall–Kier alpha value is -0.120. The van der Waals surface area contributed by atoms with Crippen LogP contribution in [0.15, 0.2) is 0 Å². The van der Waals surface area contributed by atoms with Crippen LogP contribution in [-0.2, 0) is 0 Å². The molecule has 1 aliphatic carbocycles. The summed E-state index contributed by atoms with van der Waals surface area (Å²) < 4.78 is 0. The van der Waals surface area contributed by atoms with Crippen molar-refractivity contribution in [2.24, 2.45) is 5.92 Å². The zero-order valence-corrected chi connectivity index (χ0v) is 11.4. The lowest BCUT2D eigenvalue weighted by molar-refractivity contribution is -0.0349. The first-order valence-electron chi connectivity index (χ1n) is 7.31. The molecule has 2 atom stereocenters. The van der Waals surface area contributed by atoms with Crippen LogP contribution >= 0.6 is 0 Å². The summed E-state index contributed by atoms with van der Waals surface area (Å²) in [6, 6.07) is 0.536. The molecule has 2 fully saturated rings. The molecule has 2 aliphatic rings. The minimum atomic E-state index is -0.382. The van der Waals surface area contributed by atoms with Gasteiger partial charge in [0, 0.05) is 19.1 Å². The number of nitrogens with one attached hydrogen (secondary N) is 1. The van der Waals surface area contributed by atoms with Gasteiger partial charge in [-0.15, -0.1) is 0 Å². The molecule has 0 aromatic carbocycles. The molecular weight excluding hydrogens is 212 g/mol. The smallest absolute Gasteiger partial charge is 0.0771 e. The van der Waals surface area contributed by atoms with Gasteiger partial charge in [0.15, 0.2) is 0 Å². The van der Waals surface area contributed by atoms with E-state index < -0.39 is 0 Å². The first-order chi connectivity index (χ1) is 8.13. The van der Waals surface area contributed by atoms with Crippen LogP contribution in [0.1, 0.15) is 46.0 Å². The molecule has 1 aliphatic heterocycles. The van der Waals surface area contributed by atoms with Crippen molar-refractivity contribution in [2.45, 2.75) is 57.6 Å². The molecule has 100 valence electrons. The van der Waals surface area contributed by atoms with E-state index >= 15 is 0 Å². The summed E-state index contributed by atoms with van der Waals surface area (Å²) in [4.78, 5) is 2.55. The third-order valence-corrected chi connectivity index (χ3v) is 4.73. The van der Waals surface area contributed by atoms with E-state index in [-0.39, 0.29) is 5.60 Å². The highest BCUT2D eigenvalue weighted by molar-refractivity contribution is 4.91. The lowest BCUT2D eigenvalue weighted by atomic mass is 9.80. The third-order valence-electron chi connectivity index (χ3n) is 4.73. The van der Waals surface area contributed by atoms with E-state index in [9.17, 15) is 5.11 Å². The van der Waals surface area contributed by atoms with Crippen molar-refractivity contribution >= 4 is 0 Å². The van der Waals surface area contributed by atoms with E-state index in [4.69, 9.17) is 0 Å². The van der Waals surface area contributed by atoms with Crippen LogP contribution in [0, 0.1) is 5.92 Å². The van der Waals surface area contributed by atoms with Gasteiger partial charge >= 0.3 is 0 Å². The first kappa shape index (κ1) is 13.3. The molecular formula is C14H28N2O. The molecule has 0 amide bonds. The Morgan fingerprint density at radius 1 is 1.41 bits per heavy atom. The predicted octanol–water partition coefficient (Wildman–Crippen LogP) is 1.61. The largest absolute Gasteiger partial charge is 0.389 e. The summed E-state index contributed by atoms with van der Waals surface area (Å²) in [7, 11) is 0. The molecule has 2 N–H and O–H groups in total. The molecule has 0 aromatic rings. The number of likely N-dealkylation sites (tertiary alicyclic amines) is 1. The Morgan fingerprint density at radius 2 is 2.18 bits per heavy atom. The normalized spacial score (nSPS) is 30.9. The van der Waals surface area contributed by atoms with E-state index in [2.05, 4.69) is 24.1 Å². The fourth-order valence-corrected chi connectivity index (χ4v) is 3.07. The molecule has 3 heteroatoms. The first-order valence-corrected chi connectivity index (χ1v) is 7.31. The summed E-state index contributed by atoms with van der Waals surface area (Å²) in [6.07, 6.45) is 5.83. The quantitative estimate of drug-likeness (QED) is 0.766. The van der Waals surface area contributed by atoms with Crippen molar-refractivity contribution in [3.63, 3.8) is 0 Å². The molecule has 0 spiro atoms. The number of hydrogen-bond acceptors (Lipinski definition) is 3. The Bertz CT molecular complexity index is 240. The van der Waals surface area contributed by atoms with Gasteiger partial charge in [0.25, 0.3) is 0 Å². The molecule has 3 nitrogen and oxygen atoms in total. The average Bonchev–Trinajstić information content (AvgIpc) is 2.33. The maximum atomic E-state index is 10.1. The van der Waals surface area contributed by atoms with Crippen LogP contribution in [-0.4, -0.2) is 47.8 Å². The van der Waals surface area contributed by atoms with Crippen LogP contribution in [0.5, 0.6) is 0 Å². The van der Waals surface area contributed by atoms with E-state index in [1.54, 1.807) is 0 Å². The van der Waals surface area contributed by atoms with Crippen molar-refractivity contribution in [1.82, 2.24) is 10.2 Å². The summed E-state index contributed by atoms with van der Waals surface area (Å²) in [6.45, 7) is 8.99. The van der Waals surface area contributed by atoms with Crippen molar-refractivity contribution in [3.05, 3.63) is 0 Å². The van der Waals surface area contributed by atoms with Crippen LogP contribution in [0.3, 0.4) is 0 Å². The van der Waals surface area contributed by atoms with Gasteiger partial charge in [0.1, 0.15) is 0 Å². The summed E-state index contributed by atoms with van der Waals surface area (Å²) in [5.41, 5.74) is -0.382. The molecule has 1 saturated carbocycles. The van der Waals surface area contributed by atoms with Crippen molar-refractivity contribution in [1.29, 1.82) is 0 Å². The van der Waals surface area contributed by atoms with Gasteiger partial charge in [0.05, 0.1) is 5.60 Å². The van der Waals surface area contributed by atoms with Gasteiger partial charge < -0.3 is 15.3 Å². The molecule has 17 heavy (non-hydrogen) atoms. The van der Waals surface area contributed by atoms with Crippen molar-refractivity contribution in [3.8, 4) is 0 Å². The lowest BCUT2D eigenvalue weighted by Gasteiger charge is -2.40. The lowest BCUT2D eigenvalue weighted by Crippen LogP contribution is -2.51. The number of nitrogens with zero attached hydrogens (tertiary/aromatic N) is 1. The Balaban J connectivity index is 1.73. The second-order valence-corrected chi connectivity index (χ2v) is 6.04. The Labute approximate surface area is 106 Å². The molecule has 0 radical (unpaired) electrons. The van der Waals surface area contributed by atoms with Crippen LogP contribution in [0.25, 0.3) is 0 Å². The topological polar surface area (TPSA) is 35.5 Å². The fraction of sp³-hybridized carbons (Fsp3) is 1.00. The summed E-state index contributed by atoms with van der Waals surface area (Å²) in [5, 5.41) is 13.6. The highest BCUT2D eigenvalue weighted by Crippen LogP contribution is 2.31. The molecule has 2 unspecified atom stereocenters. The van der Waals surface area contributed by atoms with E-state index in [1.807, 2.05) is 0 Å². The Morgan fingerprint density at radius 3 is 2.76 bits per heavy atom. The fourth-order valence-electron chi connectivity index (χ4n) is 3.07. The standard InChI is InChI=1S/C14H28N2O/c1-3-16-9-4-6-13(10-16)12(2)15-11-14(17)7-5-8-14/h12-13,15,17H,3-11H2,1-2H3. The second kappa shape index (κ2) is 5.68. The van der Waals surface area contributed by atoms with Crippen LogP contribution in [0.4, 0.5) is 0 Å². The minimum Gasteiger partial charge on any atom is -0.389 e. The molecule has 2 rings (SSSR count). The predicted molar refractivity (Wildman–Crippen MR) is 71.1 cm³/mol. The zero-order valence-electron chi connectivity index (χ0n) is 11.4. The molecule has 1 heterocycles. The van der Waals surface area contributed by atoms with Crippen molar-refractivity contribution < 1.29 is 5.11 Å². The summed E-state index contributed by atoms with van der Waals surface area (Å²) >= 11 is 0. The van der Waals surface area contributed by atoms with Gasteiger partial charge in [-0.05, 0) is 58.0 Å². The average molecular weight is 240 g/mol. The summed E-state index contributed by atoms with van der Waals surface area (Å²) in [5.74, 6) is 0.757. The van der Waals surface area contributed by atoms with Gasteiger partial charge in [-0.1, -0.05) is 6.92 Å². The van der Waals surface area contributed by atoms with Gasteiger partial charge in [-0.2, -0.15) is 0 Å². The minimum absolute atomic E-state index is 0.382. The molecule has 1 saturated heterocycles. The molecule has 0 bridgehead atoms.